The van der Waals surface area contributed by atoms with Gasteiger partial charge in [0.2, 0.25) is 0 Å². The van der Waals surface area contributed by atoms with Crippen LogP contribution in [0.4, 0.5) is 13.2 Å². The standard InChI is InChI=1S/C9H5F3N3/c10-9(11,12)6-2-1-3-13-7(6)8-14-4-5-15-8/h1-4H,(H,14,15). The monoisotopic (exact) mass is 212 g/mol. The smallest absolute Gasteiger partial charge is 0.343 e. The first-order valence-electron chi connectivity index (χ1n) is 4.03. The van der Waals surface area contributed by atoms with E-state index in [0.717, 1.165) is 6.07 Å². The Bertz CT molecular complexity index is 448. The molecule has 2 rings (SSSR count). The van der Waals surface area contributed by atoms with Crippen molar-refractivity contribution in [2.24, 2.45) is 0 Å². The number of alkyl halides is 3. The van der Waals surface area contributed by atoms with E-state index in [-0.39, 0.29) is 11.5 Å². The van der Waals surface area contributed by atoms with Crippen LogP contribution in [0.15, 0.2) is 24.5 Å². The van der Waals surface area contributed by atoms with Crippen molar-refractivity contribution in [2.75, 3.05) is 0 Å². The third-order valence-electron chi connectivity index (χ3n) is 1.79. The lowest BCUT2D eigenvalue weighted by Gasteiger charge is -2.09. The quantitative estimate of drug-likeness (QED) is 0.787. The van der Waals surface area contributed by atoms with Gasteiger partial charge in [-0.25, -0.2) is 4.98 Å². The Balaban J connectivity index is 2.58. The molecule has 3 nitrogen and oxygen atoms in total. The molecule has 2 aromatic rings. The zero-order valence-corrected chi connectivity index (χ0v) is 7.34. The van der Waals surface area contributed by atoms with E-state index < -0.39 is 11.7 Å². The summed E-state index contributed by atoms with van der Waals surface area (Å²) in [6.45, 7) is 0. The molecular weight excluding hydrogens is 207 g/mol. The molecule has 0 aliphatic carbocycles. The highest BCUT2D eigenvalue weighted by Gasteiger charge is 2.34. The zero-order valence-electron chi connectivity index (χ0n) is 7.34. The van der Waals surface area contributed by atoms with Crippen LogP contribution in [0.1, 0.15) is 5.56 Å². The number of hydrogen-bond acceptors (Lipinski definition) is 2. The average Bonchev–Trinajstić information content (AvgIpc) is 2.69. The van der Waals surface area contributed by atoms with Crippen LogP contribution < -0.4 is 0 Å². The van der Waals surface area contributed by atoms with Gasteiger partial charge in [0.15, 0.2) is 5.82 Å². The van der Waals surface area contributed by atoms with Gasteiger partial charge in [0.05, 0.1) is 5.56 Å². The SMILES string of the molecule is FC(F)(F)c1cccnc1-c1n[c]c[nH]1. The molecule has 0 aromatic carbocycles. The Labute approximate surface area is 83.0 Å². The summed E-state index contributed by atoms with van der Waals surface area (Å²) in [4.78, 5) is 9.81. The van der Waals surface area contributed by atoms with Crippen molar-refractivity contribution in [1.29, 1.82) is 0 Å². The van der Waals surface area contributed by atoms with Crippen molar-refractivity contribution in [3.63, 3.8) is 0 Å². The summed E-state index contributed by atoms with van der Waals surface area (Å²) in [6, 6.07) is 2.20. The van der Waals surface area contributed by atoms with Crippen molar-refractivity contribution in [2.45, 2.75) is 6.18 Å². The fraction of sp³-hybridized carbons (Fsp3) is 0.111. The first kappa shape index (κ1) is 9.70. The van der Waals surface area contributed by atoms with Crippen molar-refractivity contribution in [1.82, 2.24) is 15.0 Å². The Morgan fingerprint density at radius 3 is 2.73 bits per heavy atom. The second-order valence-corrected chi connectivity index (χ2v) is 2.78. The number of aromatic amines is 1. The maximum Gasteiger partial charge on any atom is 0.418 e. The lowest BCUT2D eigenvalue weighted by molar-refractivity contribution is -0.137. The largest absolute Gasteiger partial charge is 0.418 e. The molecule has 0 bridgehead atoms. The van der Waals surface area contributed by atoms with Crippen molar-refractivity contribution >= 4 is 0 Å². The highest BCUT2D eigenvalue weighted by Crippen LogP contribution is 2.34. The van der Waals surface area contributed by atoms with E-state index in [4.69, 9.17) is 0 Å². The fourth-order valence-corrected chi connectivity index (χ4v) is 1.17. The zero-order chi connectivity index (χ0) is 10.9. The number of rotatable bonds is 1. The molecule has 0 atom stereocenters. The number of nitrogens with zero attached hydrogens (tertiary/aromatic N) is 2. The normalized spacial score (nSPS) is 11.7. The van der Waals surface area contributed by atoms with E-state index in [2.05, 4.69) is 21.1 Å². The van der Waals surface area contributed by atoms with Crippen molar-refractivity contribution in [3.8, 4) is 11.5 Å². The molecule has 0 unspecified atom stereocenters. The van der Waals surface area contributed by atoms with Gasteiger partial charge in [-0.3, -0.25) is 4.98 Å². The van der Waals surface area contributed by atoms with Gasteiger partial charge in [0.25, 0.3) is 0 Å². The summed E-state index contributed by atoms with van der Waals surface area (Å²) in [5.41, 5.74) is -1.03. The molecule has 2 heterocycles. The topological polar surface area (TPSA) is 41.6 Å². The number of nitrogens with one attached hydrogen (secondary N) is 1. The summed E-state index contributed by atoms with van der Waals surface area (Å²) >= 11 is 0. The molecule has 15 heavy (non-hydrogen) atoms. The van der Waals surface area contributed by atoms with Crippen LogP contribution in [0.25, 0.3) is 11.5 Å². The van der Waals surface area contributed by atoms with E-state index in [1.807, 2.05) is 0 Å². The van der Waals surface area contributed by atoms with Crippen LogP contribution in [0.5, 0.6) is 0 Å². The van der Waals surface area contributed by atoms with Crippen molar-refractivity contribution in [3.05, 3.63) is 36.3 Å². The van der Waals surface area contributed by atoms with Gasteiger partial charge in [-0.2, -0.15) is 13.2 Å². The molecular formula is C9H5F3N3. The van der Waals surface area contributed by atoms with E-state index in [1.54, 1.807) is 0 Å². The van der Waals surface area contributed by atoms with Gasteiger partial charge in [-0.1, -0.05) is 0 Å². The molecule has 6 heteroatoms. The molecule has 1 radical (unpaired) electrons. The summed E-state index contributed by atoms with van der Waals surface area (Å²) < 4.78 is 37.6. The maximum absolute atomic E-state index is 12.5. The van der Waals surface area contributed by atoms with Gasteiger partial charge in [-0.15, -0.1) is 0 Å². The van der Waals surface area contributed by atoms with Crippen LogP contribution >= 0.6 is 0 Å². The molecule has 1 N–H and O–H groups in total. The predicted molar refractivity (Wildman–Crippen MR) is 45.7 cm³/mol. The second-order valence-electron chi connectivity index (χ2n) is 2.78. The minimum absolute atomic E-state index is 0.0583. The molecule has 0 amide bonds. The van der Waals surface area contributed by atoms with E-state index >= 15 is 0 Å². The molecule has 0 spiro atoms. The minimum atomic E-state index is -4.43. The van der Waals surface area contributed by atoms with Crippen LogP contribution in [-0.4, -0.2) is 15.0 Å². The molecule has 0 aliphatic rings. The molecule has 77 valence electrons. The number of halogens is 3. The first-order chi connectivity index (χ1) is 7.09. The van der Waals surface area contributed by atoms with Gasteiger partial charge in [-0.05, 0) is 12.1 Å². The molecule has 0 saturated heterocycles. The molecule has 0 saturated carbocycles. The van der Waals surface area contributed by atoms with Crippen LogP contribution in [0.3, 0.4) is 0 Å². The lowest BCUT2D eigenvalue weighted by atomic mass is 10.2. The van der Waals surface area contributed by atoms with Crippen LogP contribution in [0, 0.1) is 6.20 Å². The lowest BCUT2D eigenvalue weighted by Crippen LogP contribution is -2.08. The molecule has 0 aliphatic heterocycles. The predicted octanol–water partition coefficient (Wildman–Crippen LogP) is 2.29. The van der Waals surface area contributed by atoms with Crippen LogP contribution in [0.2, 0.25) is 0 Å². The molecule has 0 fully saturated rings. The second kappa shape index (κ2) is 3.38. The Hall–Kier alpha value is -1.85. The highest BCUT2D eigenvalue weighted by atomic mass is 19.4. The molecule has 2 aromatic heterocycles. The summed E-state index contributed by atoms with van der Waals surface area (Å²) in [5, 5.41) is 0. The highest BCUT2D eigenvalue weighted by molar-refractivity contribution is 5.55. The van der Waals surface area contributed by atoms with Gasteiger partial charge >= 0.3 is 6.18 Å². The summed E-state index contributed by atoms with van der Waals surface area (Å²) in [6.07, 6.45) is 0.568. The number of hydrogen-bond donors (Lipinski definition) is 1. The van der Waals surface area contributed by atoms with E-state index in [9.17, 15) is 13.2 Å². The number of imidazole rings is 1. The summed E-state index contributed by atoms with van der Waals surface area (Å²) in [7, 11) is 0. The van der Waals surface area contributed by atoms with Gasteiger partial charge < -0.3 is 4.98 Å². The summed E-state index contributed by atoms with van der Waals surface area (Å²) in [5.74, 6) is 0.0583. The Morgan fingerprint density at radius 2 is 2.13 bits per heavy atom. The van der Waals surface area contributed by atoms with Crippen LogP contribution in [-0.2, 0) is 6.18 Å². The number of aromatic nitrogens is 3. The average molecular weight is 212 g/mol. The number of pyridine rings is 1. The maximum atomic E-state index is 12.5. The third-order valence-corrected chi connectivity index (χ3v) is 1.79. The third kappa shape index (κ3) is 1.83. The first-order valence-corrected chi connectivity index (χ1v) is 4.03. The van der Waals surface area contributed by atoms with Gasteiger partial charge in [0.1, 0.15) is 11.9 Å². The van der Waals surface area contributed by atoms with E-state index in [1.165, 1.54) is 18.5 Å². The minimum Gasteiger partial charge on any atom is -0.343 e. The Morgan fingerprint density at radius 1 is 1.33 bits per heavy atom. The number of H-pyrrole nitrogens is 1. The van der Waals surface area contributed by atoms with E-state index in [0.29, 0.717) is 0 Å². The van der Waals surface area contributed by atoms with Crippen molar-refractivity contribution < 1.29 is 13.2 Å². The van der Waals surface area contributed by atoms with Gasteiger partial charge in [0, 0.05) is 12.4 Å². The Kier molecular flexibility index (Phi) is 2.18. The fourth-order valence-electron chi connectivity index (χ4n) is 1.17.